The van der Waals surface area contributed by atoms with Gasteiger partial charge in [0.2, 0.25) is 10.0 Å². The molecule has 0 radical (unpaired) electrons. The van der Waals surface area contributed by atoms with E-state index in [1.165, 1.54) is 23.5 Å². The molecular formula is C29H42N3O11PS. The van der Waals surface area contributed by atoms with E-state index in [0.29, 0.717) is 30.0 Å². The number of benzene rings is 2. The second-order valence-electron chi connectivity index (χ2n) is 11.6. The van der Waals surface area contributed by atoms with Gasteiger partial charge < -0.3 is 44.5 Å². The van der Waals surface area contributed by atoms with Gasteiger partial charge in [-0.1, -0.05) is 26.0 Å². The predicted molar refractivity (Wildman–Crippen MR) is 164 cm³/mol. The van der Waals surface area contributed by atoms with Crippen molar-refractivity contribution in [2.45, 2.75) is 55.9 Å². The number of hydrogen-bond donors (Lipinski definition) is 5. The maximum absolute atomic E-state index is 13.7. The molecule has 0 bridgehead atoms. The summed E-state index contributed by atoms with van der Waals surface area (Å²) in [5, 5.41) is 17.2. The lowest BCUT2D eigenvalue weighted by molar-refractivity contribution is -0.0907. The number of fused-ring (bicyclic) bond motifs is 1. The van der Waals surface area contributed by atoms with Crippen LogP contribution in [-0.4, -0.2) is 98.2 Å². The highest BCUT2D eigenvalue weighted by atomic mass is 32.2. The van der Waals surface area contributed by atoms with Crippen molar-refractivity contribution in [1.29, 1.82) is 0 Å². The van der Waals surface area contributed by atoms with Gasteiger partial charge in [-0.05, 0) is 54.3 Å². The first kappa shape index (κ1) is 35.1. The van der Waals surface area contributed by atoms with Crippen molar-refractivity contribution in [2.75, 3.05) is 45.3 Å². The SMILES string of the molecule is COc1ccc(S(=O)(=O)N(CC(C)C)C[C@@H](O)[C@H](CNc2ccc(CP(=O)(O)O)cc2)NC(=O)O[C@H]2CO[C@H]3OCC[C@H]32)cc1. The molecule has 4 rings (SSSR count). The fraction of sp³-hybridized carbons (Fsp3) is 0.552. The van der Waals surface area contributed by atoms with Gasteiger partial charge in [0, 0.05) is 25.3 Å². The van der Waals surface area contributed by atoms with Crippen molar-refractivity contribution in [2.24, 2.45) is 11.8 Å². The van der Waals surface area contributed by atoms with Crippen LogP contribution in [0.1, 0.15) is 25.8 Å². The van der Waals surface area contributed by atoms with Gasteiger partial charge in [0.1, 0.15) is 11.9 Å². The summed E-state index contributed by atoms with van der Waals surface area (Å²) in [6, 6.07) is 11.3. The summed E-state index contributed by atoms with van der Waals surface area (Å²) in [5.41, 5.74) is 0.991. The molecule has 5 atom stereocenters. The van der Waals surface area contributed by atoms with Gasteiger partial charge >= 0.3 is 13.7 Å². The molecule has 45 heavy (non-hydrogen) atoms. The molecule has 0 saturated carbocycles. The fourth-order valence-electron chi connectivity index (χ4n) is 5.26. The van der Waals surface area contributed by atoms with Crippen LogP contribution in [-0.2, 0) is 35.0 Å². The van der Waals surface area contributed by atoms with E-state index in [1.807, 2.05) is 13.8 Å². The number of sulfonamides is 1. The number of ether oxygens (including phenoxy) is 4. The highest BCUT2D eigenvalue weighted by Crippen LogP contribution is 2.39. The second-order valence-corrected chi connectivity index (χ2v) is 15.2. The van der Waals surface area contributed by atoms with E-state index in [2.05, 4.69) is 10.6 Å². The van der Waals surface area contributed by atoms with Gasteiger partial charge in [-0.25, -0.2) is 13.2 Å². The van der Waals surface area contributed by atoms with Gasteiger partial charge in [-0.2, -0.15) is 4.31 Å². The lowest BCUT2D eigenvalue weighted by atomic mass is 10.0. The molecule has 0 aliphatic carbocycles. The molecule has 2 aromatic carbocycles. The number of methoxy groups -OCH3 is 1. The Morgan fingerprint density at radius 3 is 2.40 bits per heavy atom. The number of amides is 1. The van der Waals surface area contributed by atoms with Gasteiger partial charge in [0.05, 0.1) is 49.4 Å². The number of nitrogens with zero attached hydrogens (tertiary/aromatic N) is 1. The van der Waals surface area contributed by atoms with Gasteiger partial charge in [-0.15, -0.1) is 0 Å². The van der Waals surface area contributed by atoms with E-state index < -0.39 is 54.4 Å². The minimum Gasteiger partial charge on any atom is -0.497 e. The average Bonchev–Trinajstić information content (AvgIpc) is 3.60. The highest BCUT2D eigenvalue weighted by molar-refractivity contribution is 7.89. The molecule has 0 unspecified atom stereocenters. The Hall–Kier alpha value is -2.75. The lowest BCUT2D eigenvalue weighted by Crippen LogP contribution is -2.53. The van der Waals surface area contributed by atoms with Crippen LogP contribution in [0, 0.1) is 11.8 Å². The third-order valence-electron chi connectivity index (χ3n) is 7.54. The summed E-state index contributed by atoms with van der Waals surface area (Å²) in [7, 11) is -6.79. The number of alkyl carbamates (subject to hydrolysis) is 1. The standard InChI is InChI=1S/C29H42N3O11PS/c1-19(2)15-32(45(38,39)23-10-8-22(40-3)9-11-23)16-26(33)25(14-30-21-6-4-20(5-7-21)18-44(35,36)37)31-29(34)43-27-17-42-28-24(27)12-13-41-28/h4-11,19,24-28,30,33H,12-18H2,1-3H3,(H,31,34)(H2,35,36,37)/t24-,25-,26+,27-,28+/m0/s1. The van der Waals surface area contributed by atoms with Gasteiger partial charge in [0.15, 0.2) is 6.29 Å². The molecule has 0 aromatic heterocycles. The van der Waals surface area contributed by atoms with Crippen LogP contribution in [0.4, 0.5) is 10.5 Å². The summed E-state index contributed by atoms with van der Waals surface area (Å²) in [5.74, 6) is 0.326. The van der Waals surface area contributed by atoms with Crippen LogP contribution in [0.25, 0.3) is 0 Å². The minimum atomic E-state index is -4.24. The second kappa shape index (κ2) is 15.2. The number of aliphatic hydroxyl groups is 1. The van der Waals surface area contributed by atoms with Crippen molar-refractivity contribution in [3.05, 3.63) is 54.1 Å². The number of aliphatic hydroxyl groups excluding tert-OH is 1. The Morgan fingerprint density at radius 2 is 1.78 bits per heavy atom. The largest absolute Gasteiger partial charge is 0.497 e. The van der Waals surface area contributed by atoms with E-state index in [4.69, 9.17) is 18.9 Å². The van der Waals surface area contributed by atoms with Crippen LogP contribution < -0.4 is 15.4 Å². The number of nitrogens with one attached hydrogen (secondary N) is 2. The molecule has 2 aliphatic heterocycles. The first-order chi connectivity index (χ1) is 21.2. The molecule has 2 aliphatic rings. The highest BCUT2D eigenvalue weighted by Gasteiger charge is 2.44. The van der Waals surface area contributed by atoms with Crippen LogP contribution in [0.3, 0.4) is 0 Å². The Kier molecular flexibility index (Phi) is 11.9. The van der Waals surface area contributed by atoms with E-state index >= 15 is 0 Å². The number of carbonyl (C=O) groups excluding carboxylic acids is 1. The normalized spacial score (nSPS) is 21.4. The summed E-state index contributed by atoms with van der Waals surface area (Å²) >= 11 is 0. The first-order valence-corrected chi connectivity index (χ1v) is 17.9. The topological polar surface area (TPSA) is 193 Å². The maximum Gasteiger partial charge on any atom is 0.407 e. The third-order valence-corrected chi connectivity index (χ3v) is 10.2. The maximum atomic E-state index is 13.7. The first-order valence-electron chi connectivity index (χ1n) is 14.6. The smallest absolute Gasteiger partial charge is 0.407 e. The predicted octanol–water partition coefficient (Wildman–Crippen LogP) is 2.35. The van der Waals surface area contributed by atoms with Crippen molar-refractivity contribution in [3.63, 3.8) is 0 Å². The van der Waals surface area contributed by atoms with Crippen LogP contribution in [0.2, 0.25) is 0 Å². The zero-order valence-corrected chi connectivity index (χ0v) is 27.2. The molecule has 2 saturated heterocycles. The van der Waals surface area contributed by atoms with Gasteiger partial charge in [-0.3, -0.25) is 4.57 Å². The quantitative estimate of drug-likeness (QED) is 0.174. The number of rotatable bonds is 15. The Bertz CT molecular complexity index is 1420. The lowest BCUT2D eigenvalue weighted by Gasteiger charge is -2.31. The molecule has 2 heterocycles. The van der Waals surface area contributed by atoms with E-state index in [1.54, 1.807) is 36.4 Å². The average molecular weight is 672 g/mol. The van der Waals surface area contributed by atoms with E-state index in [0.717, 1.165) is 0 Å². The number of carbonyl (C=O) groups is 1. The van der Waals surface area contributed by atoms with Crippen molar-refractivity contribution in [3.8, 4) is 5.75 Å². The molecule has 16 heteroatoms. The summed E-state index contributed by atoms with van der Waals surface area (Å²) in [6.45, 7) is 4.16. The van der Waals surface area contributed by atoms with E-state index in [9.17, 15) is 32.7 Å². The zero-order chi connectivity index (χ0) is 32.8. The molecule has 2 aromatic rings. The Labute approximate surface area is 263 Å². The summed E-state index contributed by atoms with van der Waals surface area (Å²) in [6.07, 6.45) is -2.85. The van der Waals surface area contributed by atoms with Gasteiger partial charge in [0.25, 0.3) is 0 Å². The Morgan fingerprint density at radius 1 is 1.09 bits per heavy atom. The minimum absolute atomic E-state index is 0.0253. The van der Waals surface area contributed by atoms with Crippen molar-refractivity contribution < 1.29 is 51.6 Å². The van der Waals surface area contributed by atoms with Crippen LogP contribution in [0.5, 0.6) is 5.75 Å². The zero-order valence-electron chi connectivity index (χ0n) is 25.4. The fourth-order valence-corrected chi connectivity index (χ4v) is 7.57. The molecule has 14 nitrogen and oxygen atoms in total. The van der Waals surface area contributed by atoms with Crippen LogP contribution >= 0.6 is 7.60 Å². The van der Waals surface area contributed by atoms with Crippen molar-refractivity contribution in [1.82, 2.24) is 9.62 Å². The van der Waals surface area contributed by atoms with E-state index in [-0.39, 0.29) is 43.0 Å². The third kappa shape index (κ3) is 9.87. The number of hydrogen-bond acceptors (Lipinski definition) is 10. The monoisotopic (exact) mass is 671 g/mol. The molecule has 0 spiro atoms. The summed E-state index contributed by atoms with van der Waals surface area (Å²) in [4.78, 5) is 31.6. The molecule has 5 N–H and O–H groups in total. The molecule has 250 valence electrons. The van der Waals surface area contributed by atoms with Crippen LogP contribution in [0.15, 0.2) is 53.4 Å². The number of anilines is 1. The molecular weight excluding hydrogens is 629 g/mol. The van der Waals surface area contributed by atoms with Crippen molar-refractivity contribution >= 4 is 29.4 Å². The summed E-state index contributed by atoms with van der Waals surface area (Å²) < 4.78 is 61.7. The Balaban J connectivity index is 1.50. The molecule has 1 amide bonds. The molecule has 2 fully saturated rings.